The van der Waals surface area contributed by atoms with Crippen molar-refractivity contribution < 1.29 is 9.90 Å². The zero-order valence-electron chi connectivity index (χ0n) is 8.97. The molecule has 1 fully saturated rings. The van der Waals surface area contributed by atoms with Crippen LogP contribution in [-0.4, -0.2) is 10.5 Å². The van der Waals surface area contributed by atoms with Gasteiger partial charge in [0.25, 0.3) is 0 Å². The highest BCUT2D eigenvalue weighted by Gasteiger charge is 2.11. The second-order valence-electron chi connectivity index (χ2n) is 3.90. The Balaban J connectivity index is 0.000000364. The molecule has 0 aromatic carbocycles. The van der Waals surface area contributed by atoms with Gasteiger partial charge in [-0.05, 0) is 5.92 Å². The van der Waals surface area contributed by atoms with E-state index in [1.807, 2.05) is 0 Å². The van der Waals surface area contributed by atoms with E-state index in [4.69, 9.17) is 9.90 Å². The summed E-state index contributed by atoms with van der Waals surface area (Å²) < 4.78 is 0. The maximum atomic E-state index is 8.77. The maximum Gasteiger partial charge on any atom is 0.401 e. The van der Waals surface area contributed by atoms with Gasteiger partial charge in [-0.1, -0.05) is 58.3 Å². The minimum absolute atomic E-state index is 1.11. The molecule has 0 spiro atoms. The lowest BCUT2D eigenvalue weighted by Crippen LogP contribution is -2.05. The molecular formula is C11H21ClO2. The van der Waals surface area contributed by atoms with Crippen molar-refractivity contribution in [1.29, 1.82) is 0 Å². The van der Waals surface area contributed by atoms with Crippen molar-refractivity contribution in [3.8, 4) is 0 Å². The largest absolute Gasteiger partial charge is 0.469 e. The van der Waals surface area contributed by atoms with Crippen LogP contribution < -0.4 is 0 Å². The first-order valence-electron chi connectivity index (χ1n) is 5.55. The van der Waals surface area contributed by atoms with Crippen LogP contribution in [0.3, 0.4) is 0 Å². The molecule has 3 heteroatoms. The van der Waals surface area contributed by atoms with Crippen LogP contribution in [0.2, 0.25) is 0 Å². The van der Waals surface area contributed by atoms with E-state index in [1.54, 1.807) is 0 Å². The Morgan fingerprint density at radius 2 is 1.86 bits per heavy atom. The summed E-state index contributed by atoms with van der Waals surface area (Å²) in [5, 5.41) is 7.18. The summed E-state index contributed by atoms with van der Waals surface area (Å²) in [6.07, 6.45) is 11.9. The number of halogens is 1. The molecule has 14 heavy (non-hydrogen) atoms. The molecule has 0 aliphatic heterocycles. The summed E-state index contributed by atoms with van der Waals surface area (Å²) in [7, 11) is 0. The number of rotatable bonds is 3. The predicted molar refractivity (Wildman–Crippen MR) is 60.0 cm³/mol. The van der Waals surface area contributed by atoms with Gasteiger partial charge in [-0.25, -0.2) is 4.79 Å². The quantitative estimate of drug-likeness (QED) is 0.703. The van der Waals surface area contributed by atoms with Gasteiger partial charge in [0.2, 0.25) is 0 Å². The fraction of sp³-hybridized carbons (Fsp3) is 0.909. The molecule has 0 amide bonds. The third-order valence-corrected chi connectivity index (χ3v) is 2.69. The molecule has 0 aromatic heterocycles. The van der Waals surface area contributed by atoms with Crippen LogP contribution >= 0.6 is 11.6 Å². The van der Waals surface area contributed by atoms with Crippen molar-refractivity contribution >= 4 is 17.0 Å². The van der Waals surface area contributed by atoms with Crippen molar-refractivity contribution in [2.45, 2.75) is 58.3 Å². The zero-order chi connectivity index (χ0) is 10.8. The van der Waals surface area contributed by atoms with Gasteiger partial charge in [0.05, 0.1) is 0 Å². The third-order valence-electron chi connectivity index (χ3n) is 2.69. The molecule has 1 saturated carbocycles. The van der Waals surface area contributed by atoms with E-state index in [1.165, 1.54) is 51.4 Å². The fourth-order valence-corrected chi connectivity index (χ4v) is 1.97. The van der Waals surface area contributed by atoms with E-state index >= 15 is 0 Å². The minimum Gasteiger partial charge on any atom is -0.469 e. The van der Waals surface area contributed by atoms with Crippen LogP contribution in [0.15, 0.2) is 0 Å². The predicted octanol–water partition coefficient (Wildman–Crippen LogP) is 4.66. The molecule has 0 saturated heterocycles. The Hall–Kier alpha value is -0.240. The van der Waals surface area contributed by atoms with Crippen molar-refractivity contribution in [2.24, 2.45) is 5.92 Å². The number of carboxylic acid groups (broad SMARTS) is 1. The Labute approximate surface area is 91.6 Å². The number of hydrogen-bond acceptors (Lipinski definition) is 1. The molecule has 84 valence electrons. The van der Waals surface area contributed by atoms with Crippen LogP contribution in [0, 0.1) is 5.92 Å². The molecule has 1 aliphatic rings. The van der Waals surface area contributed by atoms with Gasteiger partial charge in [0.1, 0.15) is 0 Å². The molecule has 1 aliphatic carbocycles. The van der Waals surface area contributed by atoms with Gasteiger partial charge < -0.3 is 5.11 Å². The Morgan fingerprint density at radius 3 is 2.29 bits per heavy atom. The first-order valence-corrected chi connectivity index (χ1v) is 5.93. The summed E-state index contributed by atoms with van der Waals surface area (Å²) in [6.45, 7) is 2.29. The normalized spacial score (nSPS) is 17.0. The van der Waals surface area contributed by atoms with Crippen LogP contribution in [0.25, 0.3) is 0 Å². The van der Waals surface area contributed by atoms with Crippen molar-refractivity contribution in [1.82, 2.24) is 0 Å². The highest BCUT2D eigenvalue weighted by atomic mass is 35.5. The van der Waals surface area contributed by atoms with Gasteiger partial charge in [-0.3, -0.25) is 0 Å². The van der Waals surface area contributed by atoms with Gasteiger partial charge in [0, 0.05) is 11.6 Å². The van der Waals surface area contributed by atoms with Gasteiger partial charge in [-0.15, -0.1) is 0 Å². The Kier molecular flexibility index (Phi) is 9.16. The maximum absolute atomic E-state index is 8.77. The fourth-order valence-electron chi connectivity index (χ4n) is 1.97. The smallest absolute Gasteiger partial charge is 0.401 e. The molecule has 0 bridgehead atoms. The van der Waals surface area contributed by atoms with Crippen molar-refractivity contribution in [2.75, 3.05) is 0 Å². The van der Waals surface area contributed by atoms with Gasteiger partial charge in [-0.2, -0.15) is 0 Å². The summed E-state index contributed by atoms with van der Waals surface area (Å²) >= 11 is 4.19. The van der Waals surface area contributed by atoms with Crippen LogP contribution in [0.1, 0.15) is 58.3 Å². The van der Waals surface area contributed by atoms with E-state index in [2.05, 4.69) is 18.5 Å². The summed E-state index contributed by atoms with van der Waals surface area (Å²) in [5.74, 6) is 1.11. The standard InChI is InChI=1S/C10H20.CHClO2/c1-2-3-7-10-8-5-4-6-9-10;2-1(3)4/h10H,2-9H2,1H3;(H,3,4). The lowest BCUT2D eigenvalue weighted by Gasteiger charge is -2.20. The van der Waals surface area contributed by atoms with E-state index in [-0.39, 0.29) is 0 Å². The highest BCUT2D eigenvalue weighted by Crippen LogP contribution is 2.27. The molecule has 0 heterocycles. The molecule has 1 rings (SSSR count). The average Bonchev–Trinajstić information content (AvgIpc) is 2.15. The molecule has 0 aromatic rings. The van der Waals surface area contributed by atoms with Gasteiger partial charge in [0.15, 0.2) is 0 Å². The van der Waals surface area contributed by atoms with Crippen LogP contribution in [-0.2, 0) is 0 Å². The number of carbonyl (C=O) groups is 1. The topological polar surface area (TPSA) is 37.3 Å². The summed E-state index contributed by atoms with van der Waals surface area (Å²) in [4.78, 5) is 8.77. The average molecular weight is 221 g/mol. The number of unbranched alkanes of at least 4 members (excludes halogenated alkanes) is 1. The zero-order valence-corrected chi connectivity index (χ0v) is 9.72. The Morgan fingerprint density at radius 1 is 1.36 bits per heavy atom. The molecule has 0 radical (unpaired) electrons. The lowest BCUT2D eigenvalue weighted by molar-refractivity contribution is 0.220. The van der Waals surface area contributed by atoms with Crippen LogP contribution in [0.4, 0.5) is 4.79 Å². The lowest BCUT2D eigenvalue weighted by atomic mass is 9.86. The molecule has 2 nitrogen and oxygen atoms in total. The molecule has 1 N–H and O–H groups in total. The Bertz CT molecular complexity index is 138. The molecule has 0 atom stereocenters. The summed E-state index contributed by atoms with van der Waals surface area (Å²) in [5.41, 5.74) is -1.36. The van der Waals surface area contributed by atoms with E-state index in [0.29, 0.717) is 0 Å². The summed E-state index contributed by atoms with van der Waals surface area (Å²) in [6, 6.07) is 0. The second-order valence-corrected chi connectivity index (χ2v) is 4.22. The minimum atomic E-state index is -1.36. The monoisotopic (exact) mass is 220 g/mol. The van der Waals surface area contributed by atoms with E-state index < -0.39 is 5.43 Å². The molecule has 0 unspecified atom stereocenters. The first kappa shape index (κ1) is 13.8. The van der Waals surface area contributed by atoms with Crippen molar-refractivity contribution in [3.63, 3.8) is 0 Å². The first-order chi connectivity index (χ1) is 6.66. The highest BCUT2D eigenvalue weighted by molar-refractivity contribution is 6.60. The number of hydrogen-bond donors (Lipinski definition) is 1. The van der Waals surface area contributed by atoms with Crippen LogP contribution in [0.5, 0.6) is 0 Å². The van der Waals surface area contributed by atoms with E-state index in [0.717, 1.165) is 5.92 Å². The van der Waals surface area contributed by atoms with Gasteiger partial charge >= 0.3 is 5.43 Å². The second kappa shape index (κ2) is 9.32. The SMILES string of the molecule is CCCCC1CCCCC1.O=C(O)Cl. The third kappa shape index (κ3) is 9.85. The van der Waals surface area contributed by atoms with Crippen molar-refractivity contribution in [3.05, 3.63) is 0 Å². The van der Waals surface area contributed by atoms with E-state index in [9.17, 15) is 0 Å². The molecular weight excluding hydrogens is 200 g/mol.